The minimum Gasteiger partial charge on any atom is -0.492 e. The van der Waals surface area contributed by atoms with E-state index in [0.717, 1.165) is 48.6 Å². The Balaban J connectivity index is 0. The topological polar surface area (TPSA) is 91.5 Å². The van der Waals surface area contributed by atoms with Crippen LogP contribution in [0.15, 0.2) is 54.7 Å². The van der Waals surface area contributed by atoms with Crippen molar-refractivity contribution in [3.63, 3.8) is 0 Å². The summed E-state index contributed by atoms with van der Waals surface area (Å²) >= 11 is 0. The molecule has 1 unspecified atom stereocenters. The number of aryl methyl sites for hydroxylation is 4. The number of ether oxygens (including phenoxy) is 1. The molecular weight excluding hydrogens is 633 g/mol. The van der Waals surface area contributed by atoms with Gasteiger partial charge in [-0.05, 0) is 82.1 Å². The van der Waals surface area contributed by atoms with Crippen LogP contribution in [0.4, 0.5) is 0 Å². The van der Waals surface area contributed by atoms with Crippen LogP contribution in [0.5, 0.6) is 5.75 Å². The van der Waals surface area contributed by atoms with Crippen molar-refractivity contribution in [1.29, 1.82) is 0 Å². The van der Waals surface area contributed by atoms with Crippen molar-refractivity contribution in [2.75, 3.05) is 26.2 Å². The van der Waals surface area contributed by atoms with E-state index in [4.69, 9.17) is 4.74 Å². The summed E-state index contributed by atoms with van der Waals surface area (Å²) in [6.45, 7) is 29.6. The quantitative estimate of drug-likeness (QED) is 0.0722. The van der Waals surface area contributed by atoms with E-state index in [9.17, 15) is 9.59 Å². The van der Waals surface area contributed by atoms with Crippen molar-refractivity contribution in [3.8, 4) is 5.75 Å². The second kappa shape index (κ2) is 33.8. The summed E-state index contributed by atoms with van der Waals surface area (Å²) in [6, 6.07) is 14.9. The second-order valence-corrected chi connectivity index (χ2v) is 14.0. The van der Waals surface area contributed by atoms with Gasteiger partial charge in [0.1, 0.15) is 12.4 Å². The van der Waals surface area contributed by atoms with Gasteiger partial charge in [0.05, 0.1) is 6.54 Å². The lowest BCUT2D eigenvalue weighted by molar-refractivity contribution is -0.120. The molecule has 0 aliphatic carbocycles. The fourth-order valence-corrected chi connectivity index (χ4v) is 4.76. The number of carbonyl (C=O) groups is 2. The van der Waals surface area contributed by atoms with Gasteiger partial charge in [-0.3, -0.25) is 9.59 Å². The summed E-state index contributed by atoms with van der Waals surface area (Å²) in [5.74, 6) is 1.74. The number of rotatable bonds is 22. The van der Waals surface area contributed by atoms with Gasteiger partial charge in [-0.1, -0.05) is 136 Å². The van der Waals surface area contributed by atoms with Gasteiger partial charge < -0.3 is 26.0 Å². The lowest BCUT2D eigenvalue weighted by Gasteiger charge is -2.18. The molecule has 0 fully saturated rings. The normalized spacial score (nSPS) is 11.3. The molecule has 7 nitrogen and oxygen atoms in total. The number of hydrogen-bond acceptors (Lipinski definition) is 5. The minimum atomic E-state index is -0.0307. The van der Waals surface area contributed by atoms with Crippen molar-refractivity contribution in [2.45, 2.75) is 152 Å². The zero-order valence-corrected chi connectivity index (χ0v) is 34.7. The molecule has 0 heterocycles. The Hall–Kier alpha value is -3.32. The van der Waals surface area contributed by atoms with Gasteiger partial charge in [0.25, 0.3) is 0 Å². The summed E-state index contributed by atoms with van der Waals surface area (Å²) in [4.78, 5) is 22.1. The molecule has 0 saturated carbocycles. The van der Waals surface area contributed by atoms with Gasteiger partial charge in [0.2, 0.25) is 12.3 Å². The number of carbonyl (C=O) groups excluding carboxylic acids is 2. The maximum Gasteiger partial charge on any atom is 0.239 e. The third kappa shape index (κ3) is 30.1. The highest BCUT2D eigenvalue weighted by molar-refractivity contribution is 5.78. The largest absolute Gasteiger partial charge is 0.492 e. The summed E-state index contributed by atoms with van der Waals surface area (Å²) < 4.78 is 5.98. The molecular formula is C44H78N4O3. The average molecular weight is 711 g/mol. The zero-order valence-electron chi connectivity index (χ0n) is 34.7. The molecule has 0 spiro atoms. The molecule has 0 aromatic heterocycles. The number of para-hydroxylation sites is 1. The van der Waals surface area contributed by atoms with Crippen LogP contribution in [-0.2, 0) is 22.4 Å². The molecule has 2 atom stereocenters. The first-order valence-electron chi connectivity index (χ1n) is 19.8. The molecule has 0 bridgehead atoms. The predicted molar refractivity (Wildman–Crippen MR) is 222 cm³/mol. The van der Waals surface area contributed by atoms with Gasteiger partial charge in [0, 0.05) is 30.9 Å². The van der Waals surface area contributed by atoms with E-state index in [-0.39, 0.29) is 24.5 Å². The third-order valence-corrected chi connectivity index (χ3v) is 7.90. The SMILES string of the molecule is C=C(CN[C@@H](C)COc1ccccc1CCCNC=O)NCC(=O)NC(C)CC.CCC.CCCCCC(C)C.CCCc1ccc(C)cc1C. The molecule has 4 N–H and O–H groups in total. The number of unbranched alkanes of at least 4 members (excludes halogenated alkanes) is 2. The maximum atomic E-state index is 11.8. The van der Waals surface area contributed by atoms with Crippen LogP contribution in [0.1, 0.15) is 136 Å². The van der Waals surface area contributed by atoms with E-state index < -0.39 is 0 Å². The van der Waals surface area contributed by atoms with Crippen LogP contribution < -0.4 is 26.0 Å². The van der Waals surface area contributed by atoms with Crippen molar-refractivity contribution in [1.82, 2.24) is 21.3 Å². The molecule has 2 amide bonds. The number of nitrogens with one attached hydrogen (secondary N) is 4. The first kappa shape index (κ1) is 49.8. The van der Waals surface area contributed by atoms with E-state index in [1.54, 1.807) is 0 Å². The van der Waals surface area contributed by atoms with E-state index in [1.165, 1.54) is 61.6 Å². The lowest BCUT2D eigenvalue weighted by atomic mass is 10.0. The highest BCUT2D eigenvalue weighted by Crippen LogP contribution is 2.19. The Morgan fingerprint density at radius 1 is 0.843 bits per heavy atom. The van der Waals surface area contributed by atoms with Crippen molar-refractivity contribution in [2.24, 2.45) is 5.92 Å². The molecule has 0 radical (unpaired) electrons. The fraction of sp³-hybridized carbons (Fsp3) is 0.636. The van der Waals surface area contributed by atoms with Crippen LogP contribution >= 0.6 is 0 Å². The summed E-state index contributed by atoms with van der Waals surface area (Å²) in [7, 11) is 0. The lowest BCUT2D eigenvalue weighted by Crippen LogP contribution is -2.40. The summed E-state index contributed by atoms with van der Waals surface area (Å²) in [5, 5.41) is 12.0. The minimum absolute atomic E-state index is 0.0307. The van der Waals surface area contributed by atoms with Gasteiger partial charge in [0.15, 0.2) is 0 Å². The van der Waals surface area contributed by atoms with Crippen LogP contribution in [-0.4, -0.2) is 50.6 Å². The molecule has 0 saturated heterocycles. The van der Waals surface area contributed by atoms with Crippen LogP contribution in [0.2, 0.25) is 0 Å². The molecule has 2 aromatic carbocycles. The first-order chi connectivity index (χ1) is 24.4. The molecule has 7 heteroatoms. The van der Waals surface area contributed by atoms with Gasteiger partial charge in [-0.2, -0.15) is 0 Å². The second-order valence-electron chi connectivity index (χ2n) is 14.0. The third-order valence-electron chi connectivity index (χ3n) is 7.90. The van der Waals surface area contributed by atoms with Gasteiger partial charge in [-0.25, -0.2) is 0 Å². The molecule has 2 aromatic rings. The zero-order chi connectivity index (χ0) is 38.9. The standard InChI is InChI=1S/C22H36N4O3.C11H16.C8H18.C3H8/c1-5-17(2)26-22(28)14-25-18(3)13-24-19(4)15-29-21-11-7-6-9-20(21)10-8-12-23-16-27;1-4-5-11-7-6-9(2)8-10(11)3;1-4-5-6-7-8(2)3;1-3-2/h6-7,9,11,16-17,19,24-25H,3,5,8,10,12-15H2,1-2,4H3,(H,23,27)(H,26,28);6-8H,4-5H2,1-3H3;8H,4-7H2,1-3H3;3H2,1-2H3/t17?,19-;;;/m0.../s1. The Kier molecular flexibility index (Phi) is 33.0. The Labute approximate surface area is 314 Å². The maximum absolute atomic E-state index is 11.8. The van der Waals surface area contributed by atoms with E-state index in [2.05, 4.69) is 101 Å². The Morgan fingerprint density at radius 3 is 2.12 bits per heavy atom. The number of amides is 2. The van der Waals surface area contributed by atoms with Crippen LogP contribution in [0.3, 0.4) is 0 Å². The van der Waals surface area contributed by atoms with Crippen LogP contribution in [0.25, 0.3) is 0 Å². The van der Waals surface area contributed by atoms with E-state index >= 15 is 0 Å². The van der Waals surface area contributed by atoms with Crippen LogP contribution in [0, 0.1) is 19.8 Å². The molecule has 292 valence electrons. The Bertz CT molecular complexity index is 1150. The Morgan fingerprint density at radius 2 is 1.53 bits per heavy atom. The average Bonchev–Trinajstić information content (AvgIpc) is 3.10. The smallest absolute Gasteiger partial charge is 0.239 e. The number of hydrogen-bond donors (Lipinski definition) is 4. The summed E-state index contributed by atoms with van der Waals surface area (Å²) in [6.07, 6.45) is 12.6. The van der Waals surface area contributed by atoms with Crippen molar-refractivity contribution in [3.05, 3.63) is 77.0 Å². The van der Waals surface area contributed by atoms with E-state index in [1.807, 2.05) is 45.0 Å². The molecule has 51 heavy (non-hydrogen) atoms. The highest BCUT2D eigenvalue weighted by Gasteiger charge is 2.09. The number of benzene rings is 2. The van der Waals surface area contributed by atoms with Gasteiger partial charge >= 0.3 is 0 Å². The van der Waals surface area contributed by atoms with E-state index in [0.29, 0.717) is 19.7 Å². The monoisotopic (exact) mass is 711 g/mol. The fourth-order valence-electron chi connectivity index (χ4n) is 4.76. The summed E-state index contributed by atoms with van der Waals surface area (Å²) in [5.41, 5.74) is 6.19. The highest BCUT2D eigenvalue weighted by atomic mass is 16.5. The molecule has 0 aliphatic rings. The predicted octanol–water partition coefficient (Wildman–Crippen LogP) is 9.64. The molecule has 0 aliphatic heterocycles. The first-order valence-corrected chi connectivity index (χ1v) is 19.8. The van der Waals surface area contributed by atoms with Crippen molar-refractivity contribution >= 4 is 12.3 Å². The van der Waals surface area contributed by atoms with Crippen molar-refractivity contribution < 1.29 is 14.3 Å². The molecule has 2 rings (SSSR count). The van der Waals surface area contributed by atoms with Gasteiger partial charge in [-0.15, -0.1) is 0 Å².